The number of carboxylic acids is 1. The summed E-state index contributed by atoms with van der Waals surface area (Å²) in [5.74, 6) is -13.7. The minimum absolute atomic E-state index is 0.0142. The number of rotatable bonds is 49. The molecule has 15 atom stereocenters. The molecule has 24 N–H and O–H groups in total. The van der Waals surface area contributed by atoms with Crippen molar-refractivity contribution < 1.29 is 87.5 Å². The molecule has 12 amide bonds. The van der Waals surface area contributed by atoms with Gasteiger partial charge in [0.05, 0.1) is 31.4 Å². The molecule has 0 bridgehead atoms. The minimum Gasteiger partial charge on any atom is -0.480 e. The van der Waals surface area contributed by atoms with Crippen LogP contribution < -0.4 is 86.3 Å². The summed E-state index contributed by atoms with van der Waals surface area (Å²) in [6.07, 6.45) is -0.841. The van der Waals surface area contributed by atoms with Gasteiger partial charge in [0, 0.05) is 59.1 Å². The van der Waals surface area contributed by atoms with Crippen LogP contribution in [0.15, 0.2) is 115 Å². The Labute approximate surface area is 671 Å². The minimum atomic E-state index is -1.76. The molecule has 0 saturated carbocycles. The quantitative estimate of drug-likeness (QED) is 0.0107. The summed E-state index contributed by atoms with van der Waals surface area (Å²) in [5, 5.41) is 75.2. The fraction of sp³-hybridized carbons (Fsp3) is 0.481. The van der Waals surface area contributed by atoms with Gasteiger partial charge in [-0.2, -0.15) is 25.3 Å². The maximum atomic E-state index is 15.3. The Morgan fingerprint density at radius 2 is 0.868 bits per heavy atom. The molecule has 4 aromatic carbocycles. The Kier molecular flexibility index (Phi) is 39.5. The normalized spacial score (nSPS) is 15.2. The van der Waals surface area contributed by atoms with E-state index < -0.39 is 187 Å². The van der Waals surface area contributed by atoms with Crippen LogP contribution in [0.25, 0.3) is 10.9 Å². The molecule has 1 aromatic heterocycles. The molecule has 5 rings (SSSR count). The summed E-state index contributed by atoms with van der Waals surface area (Å²) < 4.78 is 0. The van der Waals surface area contributed by atoms with Crippen LogP contribution in [-0.4, -0.2) is 237 Å². The molecule has 114 heavy (non-hydrogen) atoms. The number of carbonyl (C=O) groups excluding carboxylic acids is 13. The van der Waals surface area contributed by atoms with Crippen molar-refractivity contribution in [3.8, 4) is 0 Å². The molecule has 5 aromatic rings. The number of para-hydroxylation sites is 2. The number of fused-ring (bicyclic) bond motifs is 1. The number of anilines is 1. The van der Waals surface area contributed by atoms with Gasteiger partial charge in [-0.05, 0) is 120 Å². The second kappa shape index (κ2) is 47.9. The molecule has 1 heterocycles. The van der Waals surface area contributed by atoms with Crippen molar-refractivity contribution in [2.24, 2.45) is 23.1 Å². The Bertz CT molecular complexity index is 4070. The number of nitrogens with two attached hydrogens (primary N) is 3. The van der Waals surface area contributed by atoms with Gasteiger partial charge >= 0.3 is 5.97 Å². The van der Waals surface area contributed by atoms with E-state index in [1.54, 1.807) is 105 Å². The zero-order chi connectivity index (χ0) is 84.3. The molecule has 3 unspecified atom stereocenters. The molecule has 0 aliphatic heterocycles. The molecule has 0 aliphatic carbocycles. The van der Waals surface area contributed by atoms with Crippen molar-refractivity contribution in [2.75, 3.05) is 43.1 Å². The number of hydrogen-bond acceptors (Lipinski definition) is 23. The van der Waals surface area contributed by atoms with E-state index in [1.807, 2.05) is 0 Å². The van der Waals surface area contributed by atoms with E-state index in [2.05, 4.69) is 99.4 Å². The van der Waals surface area contributed by atoms with Crippen molar-refractivity contribution in [2.45, 2.75) is 190 Å². The average molecular weight is 1620 g/mol. The number of H-pyrrole nitrogens is 1. The Balaban J connectivity index is 1.41. The number of nitrogens with one attached hydrogen (secondary N) is 14. The molecule has 0 radical (unpaired) electrons. The summed E-state index contributed by atoms with van der Waals surface area (Å²) in [5.41, 5.74) is 19.7. The number of carboxylic acid groups (broad SMARTS) is 1. The fourth-order valence-electron chi connectivity index (χ4n) is 11.7. The maximum absolute atomic E-state index is 15.3. The second-order valence-electron chi connectivity index (χ2n) is 27.9. The number of aliphatic hydroxyl groups is 3. The highest BCUT2D eigenvalue weighted by molar-refractivity contribution is 7.80. The number of Topliss-reactive ketones (excluding diaryl/α,β-unsaturated/α-hetero) is 1. The van der Waals surface area contributed by atoms with Gasteiger partial charge < -0.3 is 112 Å². The molecule has 0 aliphatic rings. The zero-order valence-electron chi connectivity index (χ0n) is 64.4. The van der Waals surface area contributed by atoms with Gasteiger partial charge in [0.25, 0.3) is 0 Å². The monoisotopic (exact) mass is 1620 g/mol. The lowest BCUT2D eigenvalue weighted by atomic mass is 9.97. The van der Waals surface area contributed by atoms with Gasteiger partial charge in [0.15, 0.2) is 5.78 Å². The molecular formula is C77H109N17O18S2. The number of unbranched alkanes of at least 4 members (excludes halogenated alkanes) is 2. The third-order valence-electron chi connectivity index (χ3n) is 18.4. The van der Waals surface area contributed by atoms with E-state index in [1.165, 1.54) is 45.0 Å². The van der Waals surface area contributed by atoms with Crippen LogP contribution in [0.2, 0.25) is 0 Å². The summed E-state index contributed by atoms with van der Waals surface area (Å²) in [6.45, 7) is 7.42. The first-order chi connectivity index (χ1) is 54.2. The smallest absolute Gasteiger partial charge is 0.327 e. The standard InChI is InChI=1S/C77H109N17O18S2/c1-41(2)62(80)75(109)82-37-61(98)85-59(39-113)74(108)87-53(29-17-19-31-78)68(102)84-43(4)66(100)88-55(33-46-21-9-7-10-22-46)70(104)89-56(34-47-23-11-8-12-24-47)71(105)90-57(35-48-36-81-51-27-15-13-25-49(48)51)72(106)86-54(30-18-20-32-79)69(103)93-63(44(5)96)65(99)50-26-14-16-28-52(50)83-42(3)67(101)94-64(45(6)97)76(110)91-58(38-95)73(107)92-60(40-114)77(111)112/h7-16,21-28,36,41-45,53-60,62-64,81,83,95-97,113-114H,17-20,29-35,37-40,78-80H2,1-6H3,(H,82,109)(H,84,102)(H,85,98)(H,86,106)(H,87,108)(H,88,100)(H,89,104)(H,90,105)(H,91,110)(H,92,107)(H,93,103)(H,94,101)(H,111,112)/t42-,43+,44?,45?,53+,54+,55-,56+,57-,58+,59+,60+,62?,63+,64+/m1/s1. The van der Waals surface area contributed by atoms with Crippen molar-refractivity contribution in [3.63, 3.8) is 0 Å². The van der Waals surface area contributed by atoms with Crippen LogP contribution in [0.5, 0.6) is 0 Å². The lowest BCUT2D eigenvalue weighted by Gasteiger charge is -2.28. The van der Waals surface area contributed by atoms with Gasteiger partial charge in [-0.1, -0.05) is 105 Å². The number of carbonyl (C=O) groups is 14. The highest BCUT2D eigenvalue weighted by atomic mass is 32.1. The van der Waals surface area contributed by atoms with Gasteiger partial charge in [-0.15, -0.1) is 0 Å². The highest BCUT2D eigenvalue weighted by Crippen LogP contribution is 2.23. The van der Waals surface area contributed by atoms with Crippen LogP contribution >= 0.6 is 25.3 Å². The van der Waals surface area contributed by atoms with Crippen molar-refractivity contribution in [1.82, 2.24) is 68.8 Å². The van der Waals surface area contributed by atoms with Crippen LogP contribution in [0, 0.1) is 5.92 Å². The van der Waals surface area contributed by atoms with E-state index in [4.69, 9.17) is 17.2 Å². The summed E-state index contributed by atoms with van der Waals surface area (Å²) in [6, 6.07) is 11.1. The molecular weight excluding hydrogens is 1520 g/mol. The number of hydrogen-bond donors (Lipinski definition) is 23. The van der Waals surface area contributed by atoms with E-state index in [9.17, 15) is 73.2 Å². The third-order valence-corrected chi connectivity index (χ3v) is 19.2. The number of aliphatic hydroxyl groups excluding tert-OH is 3. The summed E-state index contributed by atoms with van der Waals surface area (Å²) in [4.78, 5) is 197. The van der Waals surface area contributed by atoms with Gasteiger partial charge in [0.2, 0.25) is 70.9 Å². The molecule has 622 valence electrons. The van der Waals surface area contributed by atoms with Gasteiger partial charge in [0.1, 0.15) is 72.5 Å². The van der Waals surface area contributed by atoms with Gasteiger partial charge in [-0.3, -0.25) is 62.3 Å². The highest BCUT2D eigenvalue weighted by Gasteiger charge is 2.38. The SMILES string of the molecule is CC(C)C(N)C(=O)NCC(=O)N[C@@H](CS)C(=O)N[C@@H](CCCCN)C(=O)N[C@@H](C)C(=O)N[C@H](Cc1ccccc1)C(=O)N[C@@H](Cc1ccccc1)C(=O)N[C@H](Cc1c[nH]c2ccccc12)C(=O)N[C@@H](CCCCN)C(=O)N[C@H](C(=O)c1ccccc1N[C@H](C)C(=O)N[C@H](C(=O)N[C@@H](CO)C(=O)N[C@@H](CS)C(=O)O)C(C)O)C(C)O. The molecule has 0 spiro atoms. The molecule has 0 saturated heterocycles. The summed E-state index contributed by atoms with van der Waals surface area (Å²) >= 11 is 8.12. The number of aromatic nitrogens is 1. The van der Waals surface area contributed by atoms with Gasteiger partial charge in [-0.25, -0.2) is 4.79 Å². The number of benzene rings is 4. The number of ketones is 1. The van der Waals surface area contributed by atoms with E-state index in [0.29, 0.717) is 46.9 Å². The van der Waals surface area contributed by atoms with Crippen molar-refractivity contribution in [1.29, 1.82) is 0 Å². The summed E-state index contributed by atoms with van der Waals surface area (Å²) in [7, 11) is 0. The van der Waals surface area contributed by atoms with Crippen molar-refractivity contribution >= 4 is 124 Å². The number of amides is 12. The Morgan fingerprint density at radius 3 is 1.38 bits per heavy atom. The maximum Gasteiger partial charge on any atom is 0.327 e. The predicted molar refractivity (Wildman–Crippen MR) is 430 cm³/mol. The first-order valence-electron chi connectivity index (χ1n) is 37.5. The number of aromatic amines is 1. The zero-order valence-corrected chi connectivity index (χ0v) is 66.2. The Morgan fingerprint density at radius 1 is 0.439 bits per heavy atom. The topological polar surface area (TPSA) is 570 Å². The third kappa shape index (κ3) is 29.8. The number of thiol groups is 2. The van der Waals surface area contributed by atoms with Crippen LogP contribution in [0.4, 0.5) is 5.69 Å². The second-order valence-corrected chi connectivity index (χ2v) is 28.6. The molecule has 0 fully saturated rings. The van der Waals surface area contributed by atoms with Crippen LogP contribution in [0.1, 0.15) is 107 Å². The average Bonchev–Trinajstić information content (AvgIpc) is 1.43. The van der Waals surface area contributed by atoms with Crippen LogP contribution in [0.3, 0.4) is 0 Å². The molecule has 37 heteroatoms. The van der Waals surface area contributed by atoms with Crippen LogP contribution in [-0.2, 0) is 81.6 Å². The van der Waals surface area contributed by atoms with E-state index >= 15 is 14.4 Å². The lowest BCUT2D eigenvalue weighted by Crippen LogP contribution is -2.61. The van der Waals surface area contributed by atoms with E-state index in [0.717, 1.165) is 6.92 Å². The number of aliphatic carboxylic acids is 1. The van der Waals surface area contributed by atoms with Crippen molar-refractivity contribution in [3.05, 3.63) is 138 Å². The fourth-order valence-corrected chi connectivity index (χ4v) is 12.2. The largest absolute Gasteiger partial charge is 0.480 e. The molecule has 35 nitrogen and oxygen atoms in total. The lowest BCUT2D eigenvalue weighted by molar-refractivity contribution is -0.142. The van der Waals surface area contributed by atoms with E-state index in [-0.39, 0.29) is 80.3 Å². The first-order valence-corrected chi connectivity index (χ1v) is 38.7. The predicted octanol–water partition coefficient (Wildman–Crippen LogP) is -2.71. The first kappa shape index (κ1) is 94.1. The Hall–Kier alpha value is -10.5.